The van der Waals surface area contributed by atoms with Crippen molar-refractivity contribution in [3.8, 4) is 0 Å². The van der Waals surface area contributed by atoms with Crippen LogP contribution in [-0.4, -0.2) is 21.7 Å². The molecule has 0 saturated heterocycles. The Labute approximate surface area is 104 Å². The van der Waals surface area contributed by atoms with Crippen molar-refractivity contribution in [1.82, 2.24) is 4.57 Å². The number of nitrogens with zero attached hydrogens (tertiary/aromatic N) is 1. The van der Waals surface area contributed by atoms with Crippen molar-refractivity contribution in [3.63, 3.8) is 0 Å². The van der Waals surface area contributed by atoms with Crippen LogP contribution in [0.2, 0.25) is 0 Å². The summed E-state index contributed by atoms with van der Waals surface area (Å²) in [4.78, 5) is 10.7. The quantitative estimate of drug-likeness (QED) is 0.869. The fourth-order valence-electron chi connectivity index (χ4n) is 2.02. The lowest BCUT2D eigenvalue weighted by Gasteiger charge is -2.08. The lowest BCUT2D eigenvalue weighted by Crippen LogP contribution is -2.32. The highest BCUT2D eigenvalue weighted by Crippen LogP contribution is 2.23. The average Bonchev–Trinajstić information content (AvgIpc) is 2.55. The van der Waals surface area contributed by atoms with Gasteiger partial charge < -0.3 is 15.4 Å². The van der Waals surface area contributed by atoms with E-state index in [2.05, 4.69) is 0 Å². The molecule has 0 aliphatic rings. The maximum Gasteiger partial charge on any atom is 0.320 e. The fraction of sp³-hybridized carbons (Fsp3) is 0.308. The second-order valence-electron chi connectivity index (χ2n) is 4.50. The van der Waals surface area contributed by atoms with Crippen LogP contribution in [0.5, 0.6) is 0 Å². The van der Waals surface area contributed by atoms with Crippen molar-refractivity contribution in [1.29, 1.82) is 0 Å². The average molecular weight is 250 g/mol. The van der Waals surface area contributed by atoms with Crippen molar-refractivity contribution in [2.75, 3.05) is 0 Å². The van der Waals surface area contributed by atoms with Crippen molar-refractivity contribution >= 4 is 16.9 Å². The molecule has 0 fully saturated rings. The fourth-order valence-corrected chi connectivity index (χ4v) is 2.02. The maximum atomic E-state index is 13.8. The van der Waals surface area contributed by atoms with Gasteiger partial charge in [0, 0.05) is 30.1 Å². The van der Waals surface area contributed by atoms with E-state index >= 15 is 0 Å². The predicted octanol–water partition coefficient (Wildman–Crippen LogP) is 1.58. The first-order valence-electron chi connectivity index (χ1n) is 5.63. The number of carboxylic acid groups (broad SMARTS) is 1. The van der Waals surface area contributed by atoms with Crippen LogP contribution in [0.4, 0.5) is 4.39 Å². The highest BCUT2D eigenvalue weighted by Gasteiger charge is 2.16. The Kier molecular flexibility index (Phi) is 3.09. The van der Waals surface area contributed by atoms with Gasteiger partial charge in [-0.15, -0.1) is 0 Å². The summed E-state index contributed by atoms with van der Waals surface area (Å²) in [7, 11) is 1.89. The molecule has 0 saturated carbocycles. The molecule has 3 N–H and O–H groups in total. The van der Waals surface area contributed by atoms with Gasteiger partial charge in [0.15, 0.2) is 0 Å². The predicted molar refractivity (Wildman–Crippen MR) is 66.9 cm³/mol. The van der Waals surface area contributed by atoms with Crippen LogP contribution in [0.15, 0.2) is 18.2 Å². The van der Waals surface area contributed by atoms with Crippen LogP contribution in [0.3, 0.4) is 0 Å². The second kappa shape index (κ2) is 4.42. The van der Waals surface area contributed by atoms with Crippen LogP contribution in [-0.2, 0) is 18.3 Å². The van der Waals surface area contributed by atoms with E-state index in [9.17, 15) is 9.18 Å². The summed E-state index contributed by atoms with van der Waals surface area (Å²) < 4.78 is 15.8. The molecule has 1 atom stereocenters. The van der Waals surface area contributed by atoms with Crippen LogP contribution < -0.4 is 5.73 Å². The van der Waals surface area contributed by atoms with E-state index in [0.29, 0.717) is 5.56 Å². The summed E-state index contributed by atoms with van der Waals surface area (Å²) in [6, 6.07) is 3.89. The van der Waals surface area contributed by atoms with Gasteiger partial charge in [0.2, 0.25) is 0 Å². The third kappa shape index (κ3) is 2.09. The number of fused-ring (bicyclic) bond motifs is 1. The van der Waals surface area contributed by atoms with E-state index < -0.39 is 17.8 Å². The lowest BCUT2D eigenvalue weighted by molar-refractivity contribution is -0.138. The monoisotopic (exact) mass is 250 g/mol. The summed E-state index contributed by atoms with van der Waals surface area (Å²) in [6.45, 7) is 1.93. The molecule has 1 unspecified atom stereocenters. The topological polar surface area (TPSA) is 68.2 Å². The highest BCUT2D eigenvalue weighted by atomic mass is 19.1. The first-order chi connectivity index (χ1) is 8.40. The third-order valence-electron chi connectivity index (χ3n) is 3.21. The molecule has 0 amide bonds. The zero-order valence-electron chi connectivity index (χ0n) is 10.3. The molecule has 2 aromatic rings. The van der Waals surface area contributed by atoms with Gasteiger partial charge in [0.05, 0.1) is 0 Å². The number of hydrogen-bond donors (Lipinski definition) is 2. The second-order valence-corrected chi connectivity index (χ2v) is 4.50. The summed E-state index contributed by atoms with van der Waals surface area (Å²) in [6.07, 6.45) is -0.0126. The van der Waals surface area contributed by atoms with Crippen LogP contribution in [0.1, 0.15) is 11.3 Å². The van der Waals surface area contributed by atoms with Crippen LogP contribution in [0.25, 0.3) is 10.9 Å². The Balaban J connectivity index is 2.48. The highest BCUT2D eigenvalue weighted by molar-refractivity contribution is 5.82. The number of aromatic nitrogens is 1. The van der Waals surface area contributed by atoms with Gasteiger partial charge in [-0.3, -0.25) is 4.79 Å². The number of hydrogen-bond acceptors (Lipinski definition) is 2. The minimum Gasteiger partial charge on any atom is -0.480 e. The van der Waals surface area contributed by atoms with E-state index in [1.54, 1.807) is 6.07 Å². The Morgan fingerprint density at radius 3 is 2.78 bits per heavy atom. The third-order valence-corrected chi connectivity index (χ3v) is 3.21. The largest absolute Gasteiger partial charge is 0.480 e. The summed E-state index contributed by atoms with van der Waals surface area (Å²) in [5, 5.41) is 9.56. The van der Waals surface area contributed by atoms with Gasteiger partial charge in [0.1, 0.15) is 11.9 Å². The van der Waals surface area contributed by atoms with Crippen molar-refractivity contribution in [3.05, 3.63) is 35.3 Å². The van der Waals surface area contributed by atoms with Gasteiger partial charge in [-0.25, -0.2) is 4.39 Å². The molecule has 0 aliphatic carbocycles. The van der Waals surface area contributed by atoms with E-state index in [0.717, 1.165) is 16.6 Å². The van der Waals surface area contributed by atoms with Gasteiger partial charge in [0.25, 0.3) is 0 Å². The van der Waals surface area contributed by atoms with Crippen LogP contribution in [0, 0.1) is 12.7 Å². The standard InChI is InChI=1S/C13H15FN2O2/c1-7-3-9-4-10(14)8(5-11(15)13(17)18)6-12(9)16(7)2/h3-4,6,11H,5,15H2,1-2H3,(H,17,18). The van der Waals surface area contributed by atoms with Crippen LogP contribution >= 0.6 is 0 Å². The normalized spacial score (nSPS) is 12.9. The van der Waals surface area contributed by atoms with Gasteiger partial charge >= 0.3 is 5.97 Å². The number of aryl methyl sites for hydroxylation is 2. The Morgan fingerprint density at radius 1 is 1.50 bits per heavy atom. The SMILES string of the molecule is Cc1cc2cc(F)c(CC(N)C(=O)O)cc2n1C. The van der Waals surface area contributed by atoms with Gasteiger partial charge in [-0.2, -0.15) is 0 Å². The van der Waals surface area contributed by atoms with E-state index in [1.165, 1.54) is 6.07 Å². The van der Waals surface area contributed by atoms with Gasteiger partial charge in [-0.05, 0) is 30.7 Å². The smallest absolute Gasteiger partial charge is 0.320 e. The summed E-state index contributed by atoms with van der Waals surface area (Å²) >= 11 is 0. The molecular weight excluding hydrogens is 235 g/mol. The summed E-state index contributed by atoms with van der Waals surface area (Å²) in [5.74, 6) is -1.54. The molecule has 1 heterocycles. The number of carbonyl (C=O) groups is 1. The molecule has 0 spiro atoms. The van der Waals surface area contributed by atoms with Gasteiger partial charge in [-0.1, -0.05) is 0 Å². The molecule has 96 valence electrons. The molecule has 2 rings (SSSR count). The Morgan fingerprint density at radius 2 is 2.17 bits per heavy atom. The zero-order chi connectivity index (χ0) is 13.4. The van der Waals surface area contributed by atoms with Crippen molar-refractivity contribution in [2.24, 2.45) is 12.8 Å². The number of rotatable bonds is 3. The minimum atomic E-state index is -1.13. The Hall–Kier alpha value is -1.88. The summed E-state index contributed by atoms with van der Waals surface area (Å²) in [5.41, 5.74) is 7.66. The molecule has 0 radical (unpaired) electrons. The Bertz CT molecular complexity index is 619. The number of benzene rings is 1. The molecule has 1 aromatic carbocycles. The molecule has 18 heavy (non-hydrogen) atoms. The first-order valence-corrected chi connectivity index (χ1v) is 5.63. The number of halogens is 1. The first kappa shape index (κ1) is 12.6. The van der Waals surface area contributed by atoms with E-state index in [-0.39, 0.29) is 6.42 Å². The number of nitrogens with two attached hydrogens (primary N) is 1. The maximum absolute atomic E-state index is 13.8. The van der Waals surface area contributed by atoms with E-state index in [4.69, 9.17) is 10.8 Å². The molecule has 5 heteroatoms. The van der Waals surface area contributed by atoms with Crippen molar-refractivity contribution in [2.45, 2.75) is 19.4 Å². The lowest BCUT2D eigenvalue weighted by atomic mass is 10.0. The van der Waals surface area contributed by atoms with Crippen molar-refractivity contribution < 1.29 is 14.3 Å². The number of aliphatic carboxylic acids is 1. The number of carboxylic acids is 1. The molecule has 0 aliphatic heterocycles. The molecule has 1 aromatic heterocycles. The van der Waals surface area contributed by atoms with E-state index in [1.807, 2.05) is 24.6 Å². The zero-order valence-corrected chi connectivity index (χ0v) is 10.3. The minimum absolute atomic E-state index is 0.0126. The molecular formula is C13H15FN2O2. The molecule has 4 nitrogen and oxygen atoms in total. The molecule has 0 bridgehead atoms.